The Morgan fingerprint density at radius 1 is 1.13 bits per heavy atom. The van der Waals surface area contributed by atoms with E-state index in [1.807, 2.05) is 43.1 Å². The van der Waals surface area contributed by atoms with Gasteiger partial charge in [-0.05, 0) is 49.6 Å². The van der Waals surface area contributed by atoms with Crippen LogP contribution in [0.4, 0.5) is 5.69 Å². The highest BCUT2D eigenvalue weighted by Crippen LogP contribution is 2.23. The predicted molar refractivity (Wildman–Crippen MR) is 120 cm³/mol. The lowest BCUT2D eigenvalue weighted by atomic mass is 10.1. The number of aromatic nitrogens is 1. The summed E-state index contributed by atoms with van der Waals surface area (Å²) in [6, 6.07) is 11.0. The van der Waals surface area contributed by atoms with E-state index >= 15 is 0 Å². The Kier molecular flexibility index (Phi) is 6.21. The molecule has 2 aromatic heterocycles. The van der Waals surface area contributed by atoms with Crippen LogP contribution in [0.1, 0.15) is 24.6 Å². The molecular formula is C24H27N3O4. The molecule has 7 nitrogen and oxygen atoms in total. The van der Waals surface area contributed by atoms with Crippen molar-refractivity contribution in [3.63, 3.8) is 0 Å². The summed E-state index contributed by atoms with van der Waals surface area (Å²) in [6.07, 6.45) is 3.46. The van der Waals surface area contributed by atoms with Crippen molar-refractivity contribution in [2.75, 3.05) is 37.7 Å². The van der Waals surface area contributed by atoms with Crippen LogP contribution in [-0.4, -0.2) is 48.6 Å². The number of fused-ring (bicyclic) bond motifs is 1. The summed E-state index contributed by atoms with van der Waals surface area (Å²) < 4.78 is 11.0. The monoisotopic (exact) mass is 421 g/mol. The molecule has 0 aliphatic carbocycles. The molecule has 1 aromatic carbocycles. The topological polar surface area (TPSA) is 75.9 Å². The summed E-state index contributed by atoms with van der Waals surface area (Å²) in [4.78, 5) is 32.9. The molecule has 0 atom stereocenters. The molecule has 0 N–H and O–H groups in total. The average molecular weight is 421 g/mol. The number of ether oxygens (including phenoxy) is 1. The van der Waals surface area contributed by atoms with Gasteiger partial charge in [0.2, 0.25) is 0 Å². The zero-order valence-corrected chi connectivity index (χ0v) is 18.0. The van der Waals surface area contributed by atoms with Gasteiger partial charge in [-0.2, -0.15) is 0 Å². The van der Waals surface area contributed by atoms with Crippen molar-refractivity contribution >= 4 is 22.6 Å². The third-order valence-corrected chi connectivity index (χ3v) is 5.64. The van der Waals surface area contributed by atoms with Crippen molar-refractivity contribution in [3.8, 4) is 5.75 Å². The highest BCUT2D eigenvalue weighted by Gasteiger charge is 2.20. The van der Waals surface area contributed by atoms with Crippen molar-refractivity contribution in [1.29, 1.82) is 0 Å². The van der Waals surface area contributed by atoms with E-state index in [9.17, 15) is 9.59 Å². The molecule has 7 heteroatoms. The van der Waals surface area contributed by atoms with Gasteiger partial charge in [0.1, 0.15) is 11.3 Å². The Hall–Kier alpha value is -3.35. The molecule has 3 aromatic rings. The maximum absolute atomic E-state index is 12.7. The third-order valence-electron chi connectivity index (χ3n) is 5.64. The number of hydrogen-bond acceptors (Lipinski definition) is 6. The Bertz CT molecular complexity index is 1140. The first-order chi connectivity index (χ1) is 15.0. The summed E-state index contributed by atoms with van der Waals surface area (Å²) in [6.45, 7) is 6.96. The molecule has 4 rings (SSSR count). The Balaban J connectivity index is 1.38. The van der Waals surface area contributed by atoms with Crippen molar-refractivity contribution in [1.82, 2.24) is 9.88 Å². The van der Waals surface area contributed by atoms with E-state index in [2.05, 4.69) is 16.0 Å². The first-order valence-electron chi connectivity index (χ1n) is 10.7. The molecule has 1 aliphatic rings. The zero-order valence-electron chi connectivity index (χ0n) is 18.0. The van der Waals surface area contributed by atoms with Crippen LogP contribution in [0.25, 0.3) is 11.0 Å². The Morgan fingerprint density at radius 3 is 2.81 bits per heavy atom. The largest absolute Gasteiger partial charge is 0.484 e. The van der Waals surface area contributed by atoms with E-state index in [1.54, 1.807) is 6.07 Å². The van der Waals surface area contributed by atoms with Crippen LogP contribution in [0.15, 0.2) is 51.8 Å². The first kappa shape index (κ1) is 20.9. The standard InChI is InChI=1S/C24H27N3O4/c1-3-18-14-24(29)31-22-15-20(5-6-21(18)22)30-16-23(28)27-10-4-9-26(11-12-27)19-7-8-25-17(2)13-19/h5-8,13-15H,3-4,9-12,16H2,1-2H3. The van der Waals surface area contributed by atoms with Crippen LogP contribution >= 0.6 is 0 Å². The molecule has 1 aliphatic heterocycles. The zero-order chi connectivity index (χ0) is 21.8. The number of amides is 1. The van der Waals surface area contributed by atoms with E-state index in [0.717, 1.165) is 48.3 Å². The number of nitrogens with zero attached hydrogens (tertiary/aromatic N) is 3. The fourth-order valence-corrected chi connectivity index (χ4v) is 3.98. The van der Waals surface area contributed by atoms with Crippen LogP contribution < -0.4 is 15.3 Å². The molecule has 162 valence electrons. The van der Waals surface area contributed by atoms with Crippen LogP contribution in [0.5, 0.6) is 5.75 Å². The lowest BCUT2D eigenvalue weighted by Gasteiger charge is -2.24. The van der Waals surface area contributed by atoms with E-state index in [-0.39, 0.29) is 18.1 Å². The minimum absolute atomic E-state index is 0.0441. The van der Waals surface area contributed by atoms with Gasteiger partial charge >= 0.3 is 5.63 Å². The summed E-state index contributed by atoms with van der Waals surface area (Å²) >= 11 is 0. The van der Waals surface area contributed by atoms with E-state index in [1.165, 1.54) is 6.07 Å². The van der Waals surface area contributed by atoms with Crippen molar-refractivity contribution in [3.05, 3.63) is 64.3 Å². The van der Waals surface area contributed by atoms with Gasteiger partial charge in [-0.1, -0.05) is 6.92 Å². The molecule has 1 saturated heterocycles. The molecule has 1 amide bonds. The number of carbonyl (C=O) groups is 1. The molecular weight excluding hydrogens is 394 g/mol. The highest BCUT2D eigenvalue weighted by molar-refractivity contribution is 5.82. The molecule has 0 spiro atoms. The number of pyridine rings is 1. The summed E-state index contributed by atoms with van der Waals surface area (Å²) in [7, 11) is 0. The molecule has 1 fully saturated rings. The maximum atomic E-state index is 12.7. The van der Waals surface area contributed by atoms with Crippen molar-refractivity contribution < 1.29 is 13.9 Å². The quantitative estimate of drug-likeness (QED) is 0.589. The second kappa shape index (κ2) is 9.20. The predicted octanol–water partition coefficient (Wildman–Crippen LogP) is 3.18. The van der Waals surface area contributed by atoms with E-state index in [4.69, 9.17) is 9.15 Å². The molecule has 31 heavy (non-hydrogen) atoms. The van der Waals surface area contributed by atoms with E-state index < -0.39 is 0 Å². The minimum Gasteiger partial charge on any atom is -0.484 e. The second-order valence-corrected chi connectivity index (χ2v) is 7.77. The lowest BCUT2D eigenvalue weighted by Crippen LogP contribution is -2.38. The number of aryl methyl sites for hydroxylation is 2. The third kappa shape index (κ3) is 4.87. The smallest absolute Gasteiger partial charge is 0.336 e. The SMILES string of the molecule is CCc1cc(=O)oc2cc(OCC(=O)N3CCCN(c4ccnc(C)c4)CC3)ccc12. The number of rotatable bonds is 5. The Morgan fingerprint density at radius 2 is 2.00 bits per heavy atom. The van der Waals surface area contributed by atoms with Gasteiger partial charge in [-0.25, -0.2) is 4.79 Å². The number of anilines is 1. The molecule has 3 heterocycles. The molecule has 0 unspecified atom stereocenters. The highest BCUT2D eigenvalue weighted by atomic mass is 16.5. The van der Waals surface area contributed by atoms with Crippen LogP contribution in [0.3, 0.4) is 0 Å². The molecule has 0 bridgehead atoms. The fraction of sp³-hybridized carbons (Fsp3) is 0.375. The van der Waals surface area contributed by atoms with Crippen LogP contribution in [0, 0.1) is 6.92 Å². The average Bonchev–Trinajstić information content (AvgIpc) is 3.03. The normalized spacial score (nSPS) is 14.5. The summed E-state index contributed by atoms with van der Waals surface area (Å²) in [5.41, 5.74) is 3.17. The second-order valence-electron chi connectivity index (χ2n) is 7.77. The minimum atomic E-state index is -0.379. The van der Waals surface area contributed by atoms with Gasteiger partial charge in [-0.3, -0.25) is 9.78 Å². The van der Waals surface area contributed by atoms with Crippen molar-refractivity contribution in [2.24, 2.45) is 0 Å². The van der Waals surface area contributed by atoms with Crippen LogP contribution in [-0.2, 0) is 11.2 Å². The first-order valence-corrected chi connectivity index (χ1v) is 10.7. The van der Waals surface area contributed by atoms with Gasteiger partial charge in [0.05, 0.1) is 0 Å². The fourth-order valence-electron chi connectivity index (χ4n) is 3.98. The number of benzene rings is 1. The Labute approximate surface area is 181 Å². The van der Waals surface area contributed by atoms with Gasteiger partial charge in [-0.15, -0.1) is 0 Å². The summed E-state index contributed by atoms with van der Waals surface area (Å²) in [5, 5.41) is 0.889. The van der Waals surface area contributed by atoms with Crippen molar-refractivity contribution in [2.45, 2.75) is 26.7 Å². The van der Waals surface area contributed by atoms with Gasteiger partial charge < -0.3 is 19.0 Å². The molecule has 0 radical (unpaired) electrons. The van der Waals surface area contributed by atoms with Gasteiger partial charge in [0, 0.05) is 61.3 Å². The number of hydrogen-bond donors (Lipinski definition) is 0. The van der Waals surface area contributed by atoms with Crippen LogP contribution in [0.2, 0.25) is 0 Å². The molecule has 0 saturated carbocycles. The number of carbonyl (C=O) groups excluding carboxylic acids is 1. The maximum Gasteiger partial charge on any atom is 0.336 e. The lowest BCUT2D eigenvalue weighted by molar-refractivity contribution is -0.133. The van der Waals surface area contributed by atoms with Gasteiger partial charge in [0.25, 0.3) is 5.91 Å². The van der Waals surface area contributed by atoms with E-state index in [0.29, 0.717) is 24.4 Å². The summed E-state index contributed by atoms with van der Waals surface area (Å²) in [5.74, 6) is 0.470. The van der Waals surface area contributed by atoms with Gasteiger partial charge in [0.15, 0.2) is 6.61 Å².